The molecule has 0 bridgehead atoms. The molecule has 0 atom stereocenters. The molecule has 1 heterocycles. The Morgan fingerprint density at radius 3 is 2.21 bits per heavy atom. The Bertz CT molecular complexity index is 1190. The molecule has 0 saturated heterocycles. The van der Waals surface area contributed by atoms with Crippen molar-refractivity contribution in [2.75, 3.05) is 11.1 Å². The van der Waals surface area contributed by atoms with E-state index in [1.165, 1.54) is 22.9 Å². The molecule has 0 aliphatic carbocycles. The van der Waals surface area contributed by atoms with Crippen molar-refractivity contribution >= 4 is 23.4 Å². The first-order valence-corrected chi connectivity index (χ1v) is 11.8. The van der Waals surface area contributed by atoms with Gasteiger partial charge >= 0.3 is 0 Å². The highest BCUT2D eigenvalue weighted by Gasteiger charge is 2.16. The Hall–Kier alpha value is -3.58. The average molecular weight is 458 g/mol. The minimum atomic E-state index is -0.0401. The summed E-state index contributed by atoms with van der Waals surface area (Å²) in [5.74, 6) is 1.01. The van der Waals surface area contributed by atoms with Crippen molar-refractivity contribution in [3.8, 4) is 5.69 Å². The van der Waals surface area contributed by atoms with Crippen molar-refractivity contribution in [2.24, 2.45) is 0 Å². The minimum absolute atomic E-state index is 0.0401. The Labute approximate surface area is 198 Å². The maximum Gasteiger partial charge on any atom is 0.230 e. The van der Waals surface area contributed by atoms with E-state index in [9.17, 15) is 4.79 Å². The molecule has 0 radical (unpaired) electrons. The van der Waals surface area contributed by atoms with Crippen LogP contribution in [0.5, 0.6) is 0 Å². The third-order valence-electron chi connectivity index (χ3n) is 5.16. The van der Waals surface area contributed by atoms with Gasteiger partial charge in [-0.1, -0.05) is 77.5 Å². The molecule has 0 aliphatic rings. The summed E-state index contributed by atoms with van der Waals surface area (Å²) in [4.78, 5) is 12.4. The summed E-state index contributed by atoms with van der Waals surface area (Å²) < 4.78 is 2.01. The predicted molar refractivity (Wildman–Crippen MR) is 134 cm³/mol. The van der Waals surface area contributed by atoms with Crippen molar-refractivity contribution < 1.29 is 4.79 Å². The Kier molecular flexibility index (Phi) is 7.42. The average Bonchev–Trinajstić information content (AvgIpc) is 3.25. The Balaban J connectivity index is 1.46. The molecule has 168 valence electrons. The number of carbonyl (C=O) groups is 1. The standard InChI is InChI=1S/C26H27N5OS/c1-19-8-12-22(13-9-19)27-17-24-29-30-26(31(24)23-14-10-20(2)11-15-23)33-18-25(32)28-16-21-6-4-3-5-7-21/h3-15,27H,16-18H2,1-2H3,(H,28,32). The van der Waals surface area contributed by atoms with Gasteiger partial charge in [0.05, 0.1) is 12.3 Å². The zero-order valence-corrected chi connectivity index (χ0v) is 19.6. The van der Waals surface area contributed by atoms with E-state index in [1.807, 2.05) is 47.0 Å². The fourth-order valence-electron chi connectivity index (χ4n) is 3.29. The van der Waals surface area contributed by atoms with Gasteiger partial charge in [0, 0.05) is 17.9 Å². The van der Waals surface area contributed by atoms with Crippen molar-refractivity contribution in [1.82, 2.24) is 20.1 Å². The normalized spacial score (nSPS) is 10.7. The molecule has 0 saturated carbocycles. The number of benzene rings is 3. The Morgan fingerprint density at radius 2 is 1.52 bits per heavy atom. The number of hydrogen-bond donors (Lipinski definition) is 2. The lowest BCUT2D eigenvalue weighted by atomic mass is 10.2. The molecule has 3 aromatic carbocycles. The summed E-state index contributed by atoms with van der Waals surface area (Å²) >= 11 is 1.38. The second-order valence-electron chi connectivity index (χ2n) is 7.84. The van der Waals surface area contributed by atoms with Crippen LogP contribution in [0, 0.1) is 13.8 Å². The quantitative estimate of drug-likeness (QED) is 0.350. The lowest BCUT2D eigenvalue weighted by Crippen LogP contribution is -2.24. The third-order valence-corrected chi connectivity index (χ3v) is 6.09. The van der Waals surface area contributed by atoms with Crippen LogP contribution >= 0.6 is 11.8 Å². The number of aromatic nitrogens is 3. The Morgan fingerprint density at radius 1 is 0.848 bits per heavy atom. The van der Waals surface area contributed by atoms with Gasteiger partial charge in [0.15, 0.2) is 11.0 Å². The van der Waals surface area contributed by atoms with E-state index in [1.54, 1.807) is 0 Å². The monoisotopic (exact) mass is 457 g/mol. The molecule has 0 aliphatic heterocycles. The molecule has 1 amide bonds. The van der Waals surface area contributed by atoms with Crippen molar-refractivity contribution in [3.05, 3.63) is 101 Å². The summed E-state index contributed by atoms with van der Waals surface area (Å²) in [5.41, 5.74) is 5.46. The number of nitrogens with one attached hydrogen (secondary N) is 2. The lowest BCUT2D eigenvalue weighted by molar-refractivity contribution is -0.118. The number of thioether (sulfide) groups is 1. The summed E-state index contributed by atoms with van der Waals surface area (Å²) in [5, 5.41) is 15.9. The molecule has 2 N–H and O–H groups in total. The van der Waals surface area contributed by atoms with Gasteiger partial charge in [-0.2, -0.15) is 0 Å². The van der Waals surface area contributed by atoms with Gasteiger partial charge in [-0.05, 0) is 43.7 Å². The van der Waals surface area contributed by atoms with E-state index in [2.05, 4.69) is 71.1 Å². The summed E-state index contributed by atoms with van der Waals surface area (Å²) in [7, 11) is 0. The van der Waals surface area contributed by atoms with Crippen molar-refractivity contribution in [3.63, 3.8) is 0 Å². The van der Waals surface area contributed by atoms with Crippen LogP contribution in [0.1, 0.15) is 22.5 Å². The van der Waals surface area contributed by atoms with Gasteiger partial charge in [-0.15, -0.1) is 10.2 Å². The largest absolute Gasteiger partial charge is 0.378 e. The highest BCUT2D eigenvalue weighted by molar-refractivity contribution is 7.99. The van der Waals surface area contributed by atoms with Gasteiger partial charge in [-0.3, -0.25) is 9.36 Å². The van der Waals surface area contributed by atoms with Crippen LogP contribution in [-0.2, 0) is 17.9 Å². The van der Waals surface area contributed by atoms with Crippen LogP contribution < -0.4 is 10.6 Å². The molecule has 33 heavy (non-hydrogen) atoms. The molecule has 4 rings (SSSR count). The maximum absolute atomic E-state index is 12.4. The van der Waals surface area contributed by atoms with Crippen LogP contribution in [0.2, 0.25) is 0 Å². The number of amides is 1. The summed E-state index contributed by atoms with van der Waals surface area (Å²) in [6, 6.07) is 26.4. The highest BCUT2D eigenvalue weighted by atomic mass is 32.2. The van der Waals surface area contributed by atoms with Crippen LogP contribution in [0.25, 0.3) is 5.69 Å². The number of hydrogen-bond acceptors (Lipinski definition) is 5. The van der Waals surface area contributed by atoms with E-state index < -0.39 is 0 Å². The second-order valence-corrected chi connectivity index (χ2v) is 8.78. The molecule has 7 heteroatoms. The second kappa shape index (κ2) is 10.8. The van der Waals surface area contributed by atoms with Crippen LogP contribution in [0.3, 0.4) is 0 Å². The molecular weight excluding hydrogens is 430 g/mol. The first-order valence-electron chi connectivity index (χ1n) is 10.8. The number of anilines is 1. The molecule has 0 fully saturated rings. The zero-order chi connectivity index (χ0) is 23.0. The number of aryl methyl sites for hydroxylation is 2. The van der Waals surface area contributed by atoms with E-state index >= 15 is 0 Å². The molecule has 1 aromatic heterocycles. The van der Waals surface area contributed by atoms with Gasteiger partial charge in [0.2, 0.25) is 5.91 Å². The van der Waals surface area contributed by atoms with E-state index in [4.69, 9.17) is 0 Å². The van der Waals surface area contributed by atoms with Gasteiger partial charge in [0.1, 0.15) is 0 Å². The van der Waals surface area contributed by atoms with Gasteiger partial charge < -0.3 is 10.6 Å². The zero-order valence-electron chi connectivity index (χ0n) is 18.8. The van der Waals surface area contributed by atoms with Crippen molar-refractivity contribution in [2.45, 2.75) is 32.1 Å². The summed E-state index contributed by atoms with van der Waals surface area (Å²) in [6.07, 6.45) is 0. The molecular formula is C26H27N5OS. The number of rotatable bonds is 9. The fourth-order valence-corrected chi connectivity index (χ4v) is 4.09. The van der Waals surface area contributed by atoms with Crippen LogP contribution in [-0.4, -0.2) is 26.4 Å². The number of nitrogens with zero attached hydrogens (tertiary/aromatic N) is 3. The molecule has 0 spiro atoms. The van der Waals surface area contributed by atoms with Crippen LogP contribution in [0.4, 0.5) is 5.69 Å². The van der Waals surface area contributed by atoms with Crippen molar-refractivity contribution in [1.29, 1.82) is 0 Å². The third kappa shape index (κ3) is 6.23. The van der Waals surface area contributed by atoms with E-state index in [0.717, 1.165) is 22.8 Å². The lowest BCUT2D eigenvalue weighted by Gasteiger charge is -2.12. The van der Waals surface area contributed by atoms with Crippen LogP contribution in [0.15, 0.2) is 84.0 Å². The van der Waals surface area contributed by atoms with E-state index in [0.29, 0.717) is 18.2 Å². The predicted octanol–water partition coefficient (Wildman–Crippen LogP) is 4.90. The molecule has 0 unspecified atom stereocenters. The molecule has 6 nitrogen and oxygen atoms in total. The summed E-state index contributed by atoms with van der Waals surface area (Å²) in [6.45, 7) is 5.15. The highest BCUT2D eigenvalue weighted by Crippen LogP contribution is 2.23. The minimum Gasteiger partial charge on any atom is -0.378 e. The van der Waals surface area contributed by atoms with E-state index in [-0.39, 0.29) is 11.7 Å². The fraction of sp³-hybridized carbons (Fsp3) is 0.192. The van der Waals surface area contributed by atoms with Gasteiger partial charge in [-0.25, -0.2) is 0 Å². The first-order chi connectivity index (χ1) is 16.1. The first kappa shape index (κ1) is 22.6. The maximum atomic E-state index is 12.4. The number of carbonyl (C=O) groups excluding carboxylic acids is 1. The SMILES string of the molecule is Cc1ccc(NCc2nnc(SCC(=O)NCc3ccccc3)n2-c2ccc(C)cc2)cc1. The van der Waals surface area contributed by atoms with Gasteiger partial charge in [0.25, 0.3) is 0 Å². The topological polar surface area (TPSA) is 71.8 Å². The molecule has 4 aromatic rings. The smallest absolute Gasteiger partial charge is 0.230 e.